The molecule has 2 aromatic rings. The van der Waals surface area contributed by atoms with Crippen LogP contribution in [0.15, 0.2) is 36.7 Å². The highest BCUT2D eigenvalue weighted by Crippen LogP contribution is 2.24. The van der Waals surface area contributed by atoms with Gasteiger partial charge >= 0.3 is 0 Å². The lowest BCUT2D eigenvalue weighted by Gasteiger charge is -2.27. The van der Waals surface area contributed by atoms with Crippen molar-refractivity contribution in [1.29, 1.82) is 0 Å². The first-order valence-corrected chi connectivity index (χ1v) is 7.10. The fourth-order valence-corrected chi connectivity index (χ4v) is 2.84. The standard InChI is InChI=1S/C15H20N4/c1-3-7-12(8-4-1)14(15-16-11-17-19-15)18-13-9-5-2-6-10-13/h1,3-4,7-8,11,13-14,18H,2,5-6,9-10H2,(H,16,17,19)/t14-/m1/s1. The van der Waals surface area contributed by atoms with Crippen LogP contribution in [0.4, 0.5) is 0 Å². The Bertz CT molecular complexity index is 474. The number of hydrogen-bond acceptors (Lipinski definition) is 3. The van der Waals surface area contributed by atoms with Gasteiger partial charge in [-0.15, -0.1) is 0 Å². The third-order valence-corrected chi connectivity index (χ3v) is 3.85. The van der Waals surface area contributed by atoms with Gasteiger partial charge in [0.25, 0.3) is 0 Å². The predicted molar refractivity (Wildman–Crippen MR) is 74.7 cm³/mol. The second-order valence-electron chi connectivity index (χ2n) is 5.22. The van der Waals surface area contributed by atoms with Crippen molar-refractivity contribution in [1.82, 2.24) is 20.5 Å². The number of nitrogens with zero attached hydrogens (tertiary/aromatic N) is 2. The summed E-state index contributed by atoms with van der Waals surface area (Å²) >= 11 is 0. The van der Waals surface area contributed by atoms with Gasteiger partial charge in [-0.1, -0.05) is 49.6 Å². The zero-order valence-electron chi connectivity index (χ0n) is 11.0. The smallest absolute Gasteiger partial charge is 0.145 e. The highest BCUT2D eigenvalue weighted by atomic mass is 15.2. The number of nitrogens with one attached hydrogen (secondary N) is 2. The maximum Gasteiger partial charge on any atom is 0.145 e. The minimum Gasteiger partial charge on any atom is -0.301 e. The van der Waals surface area contributed by atoms with E-state index in [4.69, 9.17) is 0 Å². The van der Waals surface area contributed by atoms with Gasteiger partial charge in [0.15, 0.2) is 0 Å². The second-order valence-corrected chi connectivity index (χ2v) is 5.22. The Morgan fingerprint density at radius 2 is 1.89 bits per heavy atom. The molecular formula is C15H20N4. The second kappa shape index (κ2) is 5.97. The maximum absolute atomic E-state index is 4.33. The molecule has 1 saturated carbocycles. The predicted octanol–water partition coefficient (Wildman–Crippen LogP) is 2.82. The van der Waals surface area contributed by atoms with Crippen molar-refractivity contribution in [2.45, 2.75) is 44.2 Å². The lowest BCUT2D eigenvalue weighted by molar-refractivity contribution is 0.350. The number of benzene rings is 1. The largest absolute Gasteiger partial charge is 0.301 e. The van der Waals surface area contributed by atoms with E-state index in [9.17, 15) is 0 Å². The fraction of sp³-hybridized carbons (Fsp3) is 0.467. The third kappa shape index (κ3) is 3.01. The molecule has 1 aliphatic carbocycles. The van der Waals surface area contributed by atoms with Gasteiger partial charge in [0.05, 0.1) is 6.04 Å². The van der Waals surface area contributed by atoms with E-state index in [1.165, 1.54) is 37.7 Å². The Balaban J connectivity index is 1.80. The van der Waals surface area contributed by atoms with Gasteiger partial charge in [-0.2, -0.15) is 5.10 Å². The van der Waals surface area contributed by atoms with Crippen molar-refractivity contribution in [2.75, 3.05) is 0 Å². The molecule has 0 aliphatic heterocycles. The lowest BCUT2D eigenvalue weighted by Crippen LogP contribution is -2.35. The molecule has 19 heavy (non-hydrogen) atoms. The zero-order chi connectivity index (χ0) is 12.9. The van der Waals surface area contributed by atoms with Gasteiger partial charge in [-0.25, -0.2) is 4.98 Å². The number of H-pyrrole nitrogens is 1. The molecule has 4 heteroatoms. The summed E-state index contributed by atoms with van der Waals surface area (Å²) in [7, 11) is 0. The fourth-order valence-electron chi connectivity index (χ4n) is 2.84. The van der Waals surface area contributed by atoms with Crippen LogP contribution in [0.3, 0.4) is 0 Å². The van der Waals surface area contributed by atoms with Crippen LogP contribution in [0.25, 0.3) is 0 Å². The molecule has 2 N–H and O–H groups in total. The molecule has 3 rings (SSSR count). The van der Waals surface area contributed by atoms with Crippen LogP contribution in [0.5, 0.6) is 0 Å². The number of hydrogen-bond donors (Lipinski definition) is 2. The van der Waals surface area contributed by atoms with E-state index in [-0.39, 0.29) is 6.04 Å². The molecule has 1 aliphatic rings. The summed E-state index contributed by atoms with van der Waals surface area (Å²) < 4.78 is 0. The Labute approximate surface area is 113 Å². The first-order valence-electron chi connectivity index (χ1n) is 7.10. The summed E-state index contributed by atoms with van der Waals surface area (Å²) in [5.74, 6) is 0.900. The Morgan fingerprint density at radius 1 is 1.11 bits per heavy atom. The van der Waals surface area contributed by atoms with Crippen molar-refractivity contribution in [3.05, 3.63) is 48.0 Å². The molecule has 0 unspecified atom stereocenters. The normalized spacial score (nSPS) is 18.3. The van der Waals surface area contributed by atoms with Gasteiger partial charge in [0.2, 0.25) is 0 Å². The van der Waals surface area contributed by atoms with Crippen LogP contribution in [-0.4, -0.2) is 21.2 Å². The van der Waals surface area contributed by atoms with Crippen LogP contribution in [0.2, 0.25) is 0 Å². The van der Waals surface area contributed by atoms with Crippen molar-refractivity contribution < 1.29 is 0 Å². The molecule has 4 nitrogen and oxygen atoms in total. The van der Waals surface area contributed by atoms with Crippen LogP contribution in [-0.2, 0) is 0 Å². The first kappa shape index (κ1) is 12.4. The van der Waals surface area contributed by atoms with Crippen molar-refractivity contribution in [3.63, 3.8) is 0 Å². The summed E-state index contributed by atoms with van der Waals surface area (Å²) in [6.07, 6.45) is 8.13. The van der Waals surface area contributed by atoms with E-state index in [2.05, 4.69) is 44.8 Å². The summed E-state index contributed by atoms with van der Waals surface area (Å²) in [6.45, 7) is 0. The monoisotopic (exact) mass is 256 g/mol. The van der Waals surface area contributed by atoms with Crippen molar-refractivity contribution in [2.24, 2.45) is 0 Å². The molecule has 1 fully saturated rings. The van der Waals surface area contributed by atoms with Crippen LogP contribution in [0, 0.1) is 0 Å². The summed E-state index contributed by atoms with van der Waals surface area (Å²) in [4.78, 5) is 4.33. The average Bonchev–Trinajstić information content (AvgIpc) is 3.01. The molecule has 0 radical (unpaired) electrons. The Hall–Kier alpha value is -1.68. The molecular weight excluding hydrogens is 236 g/mol. The minimum atomic E-state index is 0.117. The quantitative estimate of drug-likeness (QED) is 0.884. The Morgan fingerprint density at radius 3 is 2.58 bits per heavy atom. The topological polar surface area (TPSA) is 53.6 Å². The Kier molecular flexibility index (Phi) is 3.89. The van der Waals surface area contributed by atoms with Crippen LogP contribution < -0.4 is 5.32 Å². The van der Waals surface area contributed by atoms with E-state index in [1.54, 1.807) is 6.33 Å². The zero-order valence-corrected chi connectivity index (χ0v) is 11.0. The van der Waals surface area contributed by atoms with Crippen molar-refractivity contribution >= 4 is 0 Å². The van der Waals surface area contributed by atoms with E-state index in [1.807, 2.05) is 6.07 Å². The van der Waals surface area contributed by atoms with E-state index in [0.717, 1.165) is 5.82 Å². The molecule has 1 heterocycles. The molecule has 0 amide bonds. The third-order valence-electron chi connectivity index (χ3n) is 3.85. The van der Waals surface area contributed by atoms with E-state index < -0.39 is 0 Å². The first-order chi connectivity index (χ1) is 9.43. The summed E-state index contributed by atoms with van der Waals surface area (Å²) in [5, 5.41) is 10.7. The summed E-state index contributed by atoms with van der Waals surface area (Å²) in [5.41, 5.74) is 1.24. The number of aromatic amines is 1. The van der Waals surface area contributed by atoms with E-state index >= 15 is 0 Å². The molecule has 0 spiro atoms. The van der Waals surface area contributed by atoms with Gasteiger partial charge in [-0.05, 0) is 18.4 Å². The van der Waals surface area contributed by atoms with Crippen LogP contribution >= 0.6 is 0 Å². The van der Waals surface area contributed by atoms with Crippen molar-refractivity contribution in [3.8, 4) is 0 Å². The average molecular weight is 256 g/mol. The molecule has 100 valence electrons. The number of aromatic nitrogens is 3. The highest BCUT2D eigenvalue weighted by Gasteiger charge is 2.22. The number of rotatable bonds is 4. The maximum atomic E-state index is 4.33. The molecule has 1 aromatic carbocycles. The molecule has 0 bridgehead atoms. The van der Waals surface area contributed by atoms with E-state index in [0.29, 0.717) is 6.04 Å². The molecule has 1 atom stereocenters. The van der Waals surface area contributed by atoms with Gasteiger partial charge in [-0.3, -0.25) is 5.10 Å². The van der Waals surface area contributed by atoms with Gasteiger partial charge in [0, 0.05) is 6.04 Å². The lowest BCUT2D eigenvalue weighted by atomic mass is 9.94. The van der Waals surface area contributed by atoms with Gasteiger partial charge < -0.3 is 5.32 Å². The van der Waals surface area contributed by atoms with Crippen LogP contribution in [0.1, 0.15) is 49.5 Å². The molecule has 0 saturated heterocycles. The SMILES string of the molecule is c1ccc([C@@H](NC2CCCCC2)c2ncn[nH]2)cc1. The van der Waals surface area contributed by atoms with Gasteiger partial charge in [0.1, 0.15) is 12.2 Å². The molecule has 1 aromatic heterocycles. The highest BCUT2D eigenvalue weighted by molar-refractivity contribution is 5.24. The minimum absolute atomic E-state index is 0.117. The summed E-state index contributed by atoms with van der Waals surface area (Å²) in [6, 6.07) is 11.2.